The zero-order chi connectivity index (χ0) is 10.7. The lowest BCUT2D eigenvalue weighted by molar-refractivity contribution is -0.114. The summed E-state index contributed by atoms with van der Waals surface area (Å²) in [6, 6.07) is 5.46. The number of anilines is 1. The number of aryl methyl sites for hydroxylation is 1. The number of halogens is 1. The molecule has 1 N–H and O–H groups in total. The number of amides is 1. The van der Waals surface area contributed by atoms with Gasteiger partial charge >= 0.3 is 0 Å². The molecule has 4 heteroatoms. The number of nitriles is 1. The molecule has 0 aromatic heterocycles. The standard InChI is InChI=1S/C10H9BrN2O/c1-6-3-8(5-12)4-9(11)10(6)13-7(2)14/h3-4H,1-2H3,(H,13,14). The molecule has 1 amide bonds. The molecule has 0 aliphatic heterocycles. The van der Waals surface area contributed by atoms with E-state index in [-0.39, 0.29) is 5.91 Å². The Kier molecular flexibility index (Phi) is 3.26. The van der Waals surface area contributed by atoms with Crippen LogP contribution in [0, 0.1) is 18.3 Å². The summed E-state index contributed by atoms with van der Waals surface area (Å²) in [4.78, 5) is 10.9. The van der Waals surface area contributed by atoms with Gasteiger partial charge in [0.15, 0.2) is 0 Å². The quantitative estimate of drug-likeness (QED) is 0.836. The molecule has 1 aromatic rings. The molecule has 0 radical (unpaired) electrons. The highest BCUT2D eigenvalue weighted by Crippen LogP contribution is 2.27. The smallest absolute Gasteiger partial charge is 0.221 e. The molecule has 0 aliphatic carbocycles. The van der Waals surface area contributed by atoms with E-state index in [4.69, 9.17) is 5.26 Å². The van der Waals surface area contributed by atoms with Gasteiger partial charge in [0.1, 0.15) is 0 Å². The van der Waals surface area contributed by atoms with Crippen LogP contribution >= 0.6 is 15.9 Å². The highest BCUT2D eigenvalue weighted by Gasteiger charge is 2.06. The molecule has 3 nitrogen and oxygen atoms in total. The SMILES string of the molecule is CC(=O)Nc1c(C)cc(C#N)cc1Br. The van der Waals surface area contributed by atoms with E-state index in [1.54, 1.807) is 12.1 Å². The Morgan fingerprint density at radius 1 is 1.57 bits per heavy atom. The molecule has 0 saturated heterocycles. The number of nitrogens with zero attached hydrogens (tertiary/aromatic N) is 1. The highest BCUT2D eigenvalue weighted by atomic mass is 79.9. The van der Waals surface area contributed by atoms with Crippen LogP contribution in [0.4, 0.5) is 5.69 Å². The molecule has 1 rings (SSSR count). The fourth-order valence-electron chi connectivity index (χ4n) is 1.14. The Bertz CT molecular complexity index is 398. The Balaban J connectivity index is 3.19. The van der Waals surface area contributed by atoms with E-state index < -0.39 is 0 Å². The first-order valence-corrected chi connectivity index (χ1v) is 4.81. The van der Waals surface area contributed by atoms with E-state index in [1.165, 1.54) is 6.92 Å². The van der Waals surface area contributed by atoms with Crippen LogP contribution in [-0.4, -0.2) is 5.91 Å². The van der Waals surface area contributed by atoms with Crippen molar-refractivity contribution in [1.82, 2.24) is 0 Å². The van der Waals surface area contributed by atoms with Gasteiger partial charge in [-0.1, -0.05) is 0 Å². The predicted molar refractivity (Wildman–Crippen MR) is 57.9 cm³/mol. The molecule has 0 fully saturated rings. The molecular formula is C10H9BrN2O. The van der Waals surface area contributed by atoms with E-state index in [1.807, 2.05) is 13.0 Å². The fraction of sp³-hybridized carbons (Fsp3) is 0.200. The first kappa shape index (κ1) is 10.7. The monoisotopic (exact) mass is 252 g/mol. The van der Waals surface area contributed by atoms with Gasteiger partial charge in [-0.25, -0.2) is 0 Å². The van der Waals surface area contributed by atoms with Crippen molar-refractivity contribution in [1.29, 1.82) is 5.26 Å². The lowest BCUT2D eigenvalue weighted by atomic mass is 10.1. The number of nitrogens with one attached hydrogen (secondary N) is 1. The first-order chi connectivity index (χ1) is 6.54. The lowest BCUT2D eigenvalue weighted by Gasteiger charge is -2.08. The molecule has 0 heterocycles. The summed E-state index contributed by atoms with van der Waals surface area (Å²) in [6.45, 7) is 3.29. The largest absolute Gasteiger partial charge is 0.325 e. The maximum Gasteiger partial charge on any atom is 0.221 e. The second-order valence-corrected chi connectivity index (χ2v) is 3.80. The number of rotatable bonds is 1. The molecular weight excluding hydrogens is 244 g/mol. The van der Waals surface area contributed by atoms with Gasteiger partial charge in [0, 0.05) is 11.4 Å². The van der Waals surface area contributed by atoms with E-state index in [0.717, 1.165) is 15.7 Å². The molecule has 0 unspecified atom stereocenters. The summed E-state index contributed by atoms with van der Waals surface area (Å²) >= 11 is 3.30. The van der Waals surface area contributed by atoms with Crippen molar-refractivity contribution in [2.45, 2.75) is 13.8 Å². The summed E-state index contributed by atoms with van der Waals surface area (Å²) in [5, 5.41) is 11.4. The molecule has 72 valence electrons. The van der Waals surface area contributed by atoms with E-state index in [2.05, 4.69) is 21.2 Å². The van der Waals surface area contributed by atoms with Crippen molar-refractivity contribution in [3.63, 3.8) is 0 Å². The van der Waals surface area contributed by atoms with Crippen LogP contribution in [0.5, 0.6) is 0 Å². The fourth-order valence-corrected chi connectivity index (χ4v) is 1.80. The first-order valence-electron chi connectivity index (χ1n) is 4.02. The van der Waals surface area contributed by atoms with Gasteiger partial charge in [-0.05, 0) is 40.5 Å². The minimum absolute atomic E-state index is 0.126. The number of carbonyl (C=O) groups is 1. The van der Waals surface area contributed by atoms with Gasteiger partial charge in [0.05, 0.1) is 17.3 Å². The lowest BCUT2D eigenvalue weighted by Crippen LogP contribution is -2.08. The summed E-state index contributed by atoms with van der Waals surface area (Å²) < 4.78 is 0.726. The van der Waals surface area contributed by atoms with Crippen molar-refractivity contribution >= 4 is 27.5 Å². The third-order valence-electron chi connectivity index (χ3n) is 1.72. The van der Waals surface area contributed by atoms with E-state index in [0.29, 0.717) is 5.56 Å². The van der Waals surface area contributed by atoms with E-state index >= 15 is 0 Å². The molecule has 0 spiro atoms. The maximum atomic E-state index is 10.9. The molecule has 14 heavy (non-hydrogen) atoms. The third-order valence-corrected chi connectivity index (χ3v) is 2.34. The Labute approximate surface area is 90.9 Å². The normalized spacial score (nSPS) is 9.29. The number of hydrogen-bond donors (Lipinski definition) is 1. The van der Waals surface area contributed by atoms with Crippen LogP contribution in [0.3, 0.4) is 0 Å². The van der Waals surface area contributed by atoms with Gasteiger partial charge in [0.25, 0.3) is 0 Å². The minimum Gasteiger partial charge on any atom is -0.325 e. The van der Waals surface area contributed by atoms with Gasteiger partial charge in [-0.3, -0.25) is 4.79 Å². The summed E-state index contributed by atoms with van der Waals surface area (Å²) in [5.41, 5.74) is 2.16. The second kappa shape index (κ2) is 4.25. The predicted octanol–water partition coefficient (Wildman–Crippen LogP) is 2.59. The molecule has 0 bridgehead atoms. The van der Waals surface area contributed by atoms with Gasteiger partial charge in [0.2, 0.25) is 5.91 Å². The van der Waals surface area contributed by atoms with Gasteiger partial charge in [-0.2, -0.15) is 5.26 Å². The van der Waals surface area contributed by atoms with Crippen molar-refractivity contribution in [3.05, 3.63) is 27.7 Å². The Morgan fingerprint density at radius 2 is 2.21 bits per heavy atom. The third kappa shape index (κ3) is 2.33. The van der Waals surface area contributed by atoms with Crippen molar-refractivity contribution < 1.29 is 4.79 Å². The van der Waals surface area contributed by atoms with Crippen LogP contribution in [-0.2, 0) is 4.79 Å². The maximum absolute atomic E-state index is 10.9. The van der Waals surface area contributed by atoms with Gasteiger partial charge < -0.3 is 5.32 Å². The summed E-state index contributed by atoms with van der Waals surface area (Å²) in [6.07, 6.45) is 0. The summed E-state index contributed by atoms with van der Waals surface area (Å²) in [7, 11) is 0. The van der Waals surface area contributed by atoms with Crippen LogP contribution in [0.15, 0.2) is 16.6 Å². The molecule has 0 atom stereocenters. The number of benzene rings is 1. The summed E-state index contributed by atoms with van der Waals surface area (Å²) in [5.74, 6) is -0.126. The average molecular weight is 253 g/mol. The average Bonchev–Trinajstić information content (AvgIpc) is 2.10. The molecule has 0 saturated carbocycles. The van der Waals surface area contributed by atoms with Crippen LogP contribution in [0.2, 0.25) is 0 Å². The van der Waals surface area contributed by atoms with Crippen LogP contribution in [0.1, 0.15) is 18.1 Å². The minimum atomic E-state index is -0.126. The molecule has 0 aliphatic rings. The second-order valence-electron chi connectivity index (χ2n) is 2.94. The zero-order valence-corrected chi connectivity index (χ0v) is 9.47. The van der Waals surface area contributed by atoms with Crippen LogP contribution < -0.4 is 5.32 Å². The van der Waals surface area contributed by atoms with Crippen molar-refractivity contribution in [3.8, 4) is 6.07 Å². The number of hydrogen-bond acceptors (Lipinski definition) is 2. The van der Waals surface area contributed by atoms with Crippen LogP contribution in [0.25, 0.3) is 0 Å². The zero-order valence-electron chi connectivity index (χ0n) is 7.89. The van der Waals surface area contributed by atoms with Gasteiger partial charge in [-0.15, -0.1) is 0 Å². The highest BCUT2D eigenvalue weighted by molar-refractivity contribution is 9.10. The van der Waals surface area contributed by atoms with Crippen molar-refractivity contribution in [2.75, 3.05) is 5.32 Å². The Morgan fingerprint density at radius 3 is 2.64 bits per heavy atom. The number of carbonyl (C=O) groups excluding carboxylic acids is 1. The van der Waals surface area contributed by atoms with E-state index in [9.17, 15) is 4.79 Å². The molecule has 1 aromatic carbocycles. The topological polar surface area (TPSA) is 52.9 Å². The Hall–Kier alpha value is -1.34. The van der Waals surface area contributed by atoms with Crippen molar-refractivity contribution in [2.24, 2.45) is 0 Å².